The van der Waals surface area contributed by atoms with Gasteiger partial charge in [-0.1, -0.05) is 15.9 Å². The van der Waals surface area contributed by atoms with Gasteiger partial charge >= 0.3 is 5.69 Å². The number of alkyl halides is 2. The highest BCUT2D eigenvalue weighted by molar-refractivity contribution is 9.10. The normalized spacial score (nSPS) is 11.2. The van der Waals surface area contributed by atoms with Crippen LogP contribution in [0.1, 0.15) is 6.92 Å². The lowest BCUT2D eigenvalue weighted by atomic mass is 10.3. The molecule has 0 N–H and O–H groups in total. The molecule has 0 fully saturated rings. The van der Waals surface area contributed by atoms with Gasteiger partial charge in [-0.2, -0.15) is 0 Å². The van der Waals surface area contributed by atoms with Crippen molar-refractivity contribution in [3.8, 4) is 5.75 Å². The summed E-state index contributed by atoms with van der Waals surface area (Å²) in [4.78, 5) is 9.90. The Morgan fingerprint density at radius 1 is 1.56 bits per heavy atom. The maximum absolute atomic E-state index is 12.5. The molecular weight excluding hydrogens is 288 g/mol. The predicted molar refractivity (Wildman–Crippen MR) is 56.9 cm³/mol. The molecule has 0 aliphatic rings. The minimum Gasteiger partial charge on any atom is -0.480 e. The topological polar surface area (TPSA) is 52.4 Å². The largest absolute Gasteiger partial charge is 0.480 e. The number of hydrogen-bond acceptors (Lipinski definition) is 3. The number of nitro benzene ring substituents is 1. The maximum Gasteiger partial charge on any atom is 0.310 e. The van der Waals surface area contributed by atoms with Crippen molar-refractivity contribution in [1.29, 1.82) is 0 Å². The molecular formula is C9H8BrF2NO3. The zero-order valence-corrected chi connectivity index (χ0v) is 9.83. The zero-order valence-electron chi connectivity index (χ0n) is 8.25. The van der Waals surface area contributed by atoms with Gasteiger partial charge in [0.25, 0.3) is 5.92 Å². The highest BCUT2D eigenvalue weighted by atomic mass is 79.9. The van der Waals surface area contributed by atoms with Crippen molar-refractivity contribution in [3.05, 3.63) is 32.8 Å². The Kier molecular flexibility index (Phi) is 3.79. The molecule has 0 spiro atoms. The molecule has 1 aromatic carbocycles. The van der Waals surface area contributed by atoms with E-state index in [0.717, 1.165) is 0 Å². The number of benzene rings is 1. The Labute approximate surface area is 98.5 Å². The fraction of sp³-hybridized carbons (Fsp3) is 0.333. The van der Waals surface area contributed by atoms with Crippen molar-refractivity contribution < 1.29 is 18.4 Å². The number of halogens is 3. The standard InChI is InChI=1S/C9H8BrF2NO3/c1-9(11,12)5-16-8-4-6(10)2-3-7(8)13(14)15/h2-4H,5H2,1H3. The Balaban J connectivity index is 2.93. The first-order chi connectivity index (χ1) is 7.29. The second-order valence-corrected chi connectivity index (χ2v) is 4.14. The van der Waals surface area contributed by atoms with Crippen molar-refractivity contribution in [2.24, 2.45) is 0 Å². The summed E-state index contributed by atoms with van der Waals surface area (Å²) in [7, 11) is 0. The molecule has 0 aromatic heterocycles. The summed E-state index contributed by atoms with van der Waals surface area (Å²) < 4.78 is 30.3. The minimum atomic E-state index is -3.03. The van der Waals surface area contributed by atoms with E-state index < -0.39 is 17.5 Å². The molecule has 0 heterocycles. The second kappa shape index (κ2) is 4.73. The average molecular weight is 296 g/mol. The molecule has 0 radical (unpaired) electrons. The van der Waals surface area contributed by atoms with Gasteiger partial charge in [-0.3, -0.25) is 10.1 Å². The number of nitro groups is 1. The molecule has 0 bridgehead atoms. The summed E-state index contributed by atoms with van der Waals surface area (Å²) in [5.41, 5.74) is -0.340. The van der Waals surface area contributed by atoms with Crippen molar-refractivity contribution in [3.63, 3.8) is 0 Å². The van der Waals surface area contributed by atoms with Crippen LogP contribution in [0.4, 0.5) is 14.5 Å². The van der Waals surface area contributed by atoms with Crippen LogP contribution in [0.15, 0.2) is 22.7 Å². The van der Waals surface area contributed by atoms with Crippen LogP contribution in [0.25, 0.3) is 0 Å². The van der Waals surface area contributed by atoms with Crippen LogP contribution in [0.2, 0.25) is 0 Å². The van der Waals surface area contributed by atoms with Crippen LogP contribution in [-0.2, 0) is 0 Å². The first-order valence-electron chi connectivity index (χ1n) is 4.24. The maximum atomic E-state index is 12.5. The summed E-state index contributed by atoms with van der Waals surface area (Å²) in [5, 5.41) is 10.6. The van der Waals surface area contributed by atoms with E-state index in [1.807, 2.05) is 0 Å². The molecule has 0 aliphatic carbocycles. The fourth-order valence-corrected chi connectivity index (χ4v) is 1.30. The van der Waals surface area contributed by atoms with Crippen LogP contribution < -0.4 is 4.74 Å². The summed E-state index contributed by atoms with van der Waals surface area (Å²) >= 11 is 3.08. The minimum absolute atomic E-state index is 0.180. The molecule has 0 unspecified atom stereocenters. The molecule has 4 nitrogen and oxygen atoms in total. The van der Waals surface area contributed by atoms with Gasteiger partial charge in [0.2, 0.25) is 0 Å². The number of nitrogens with zero attached hydrogens (tertiary/aromatic N) is 1. The lowest BCUT2D eigenvalue weighted by Gasteiger charge is -2.12. The molecule has 0 aliphatic heterocycles. The Morgan fingerprint density at radius 3 is 2.69 bits per heavy atom. The summed E-state index contributed by atoms with van der Waals surface area (Å²) in [5.74, 6) is -3.21. The van der Waals surface area contributed by atoms with Gasteiger partial charge in [0, 0.05) is 23.5 Å². The average Bonchev–Trinajstić information content (AvgIpc) is 2.13. The predicted octanol–water partition coefficient (Wildman–Crippen LogP) is 3.39. The molecule has 1 aromatic rings. The second-order valence-electron chi connectivity index (χ2n) is 3.23. The van der Waals surface area contributed by atoms with Gasteiger partial charge in [-0.05, 0) is 6.07 Å². The molecule has 0 amide bonds. The molecule has 1 rings (SSSR count). The van der Waals surface area contributed by atoms with Gasteiger partial charge < -0.3 is 4.74 Å². The molecule has 16 heavy (non-hydrogen) atoms. The van der Waals surface area contributed by atoms with Crippen LogP contribution >= 0.6 is 15.9 Å². The van der Waals surface area contributed by atoms with E-state index in [1.54, 1.807) is 0 Å². The van der Waals surface area contributed by atoms with Gasteiger partial charge in [0.05, 0.1) is 4.92 Å². The quantitative estimate of drug-likeness (QED) is 0.632. The Morgan fingerprint density at radius 2 is 2.19 bits per heavy atom. The molecule has 7 heteroatoms. The summed E-state index contributed by atoms with van der Waals surface area (Å²) in [6, 6.07) is 3.91. The van der Waals surface area contributed by atoms with Gasteiger partial charge in [0.15, 0.2) is 12.4 Å². The SMILES string of the molecule is CC(F)(F)COc1cc(Br)ccc1[N+](=O)[O-]. The Bertz CT molecular complexity index is 406. The van der Waals surface area contributed by atoms with E-state index in [9.17, 15) is 18.9 Å². The van der Waals surface area contributed by atoms with E-state index in [2.05, 4.69) is 15.9 Å². The number of rotatable bonds is 4. The Hall–Kier alpha value is -1.24. The lowest BCUT2D eigenvalue weighted by Crippen LogP contribution is -2.21. The van der Waals surface area contributed by atoms with Crippen molar-refractivity contribution in [2.45, 2.75) is 12.8 Å². The molecule has 0 atom stereocenters. The van der Waals surface area contributed by atoms with Gasteiger partial charge in [-0.15, -0.1) is 0 Å². The van der Waals surface area contributed by atoms with E-state index in [4.69, 9.17) is 4.74 Å². The van der Waals surface area contributed by atoms with Crippen molar-refractivity contribution >= 4 is 21.6 Å². The smallest absolute Gasteiger partial charge is 0.310 e. The van der Waals surface area contributed by atoms with E-state index in [-0.39, 0.29) is 11.4 Å². The van der Waals surface area contributed by atoms with E-state index in [1.165, 1.54) is 18.2 Å². The van der Waals surface area contributed by atoms with Gasteiger partial charge in [-0.25, -0.2) is 8.78 Å². The lowest BCUT2D eigenvalue weighted by molar-refractivity contribution is -0.386. The number of ether oxygens (including phenoxy) is 1. The first-order valence-corrected chi connectivity index (χ1v) is 5.03. The third-order valence-electron chi connectivity index (χ3n) is 1.60. The van der Waals surface area contributed by atoms with Crippen molar-refractivity contribution in [2.75, 3.05) is 6.61 Å². The molecule has 0 saturated heterocycles. The van der Waals surface area contributed by atoms with Crippen LogP contribution in [0.5, 0.6) is 5.75 Å². The van der Waals surface area contributed by atoms with E-state index in [0.29, 0.717) is 11.4 Å². The van der Waals surface area contributed by atoms with Crippen LogP contribution in [0.3, 0.4) is 0 Å². The van der Waals surface area contributed by atoms with E-state index >= 15 is 0 Å². The summed E-state index contributed by atoms with van der Waals surface area (Å²) in [6.07, 6.45) is 0. The third kappa shape index (κ3) is 3.73. The van der Waals surface area contributed by atoms with Gasteiger partial charge in [0.1, 0.15) is 0 Å². The summed E-state index contributed by atoms with van der Waals surface area (Å²) in [6.45, 7) is -0.221. The third-order valence-corrected chi connectivity index (χ3v) is 2.09. The highest BCUT2D eigenvalue weighted by Gasteiger charge is 2.24. The monoisotopic (exact) mass is 295 g/mol. The van der Waals surface area contributed by atoms with Crippen LogP contribution in [0, 0.1) is 10.1 Å². The van der Waals surface area contributed by atoms with Crippen LogP contribution in [-0.4, -0.2) is 17.5 Å². The first kappa shape index (κ1) is 12.8. The fourth-order valence-electron chi connectivity index (χ4n) is 0.959. The molecule has 0 saturated carbocycles. The zero-order chi connectivity index (χ0) is 12.3. The van der Waals surface area contributed by atoms with Crippen molar-refractivity contribution in [1.82, 2.24) is 0 Å². The highest BCUT2D eigenvalue weighted by Crippen LogP contribution is 2.31. The molecule has 88 valence electrons. The number of hydrogen-bond donors (Lipinski definition) is 0.